The largest absolute Gasteiger partial charge is 0.480 e. The molecule has 0 heterocycles. The quantitative estimate of drug-likeness (QED) is 0.339. The lowest BCUT2D eigenvalue weighted by Crippen LogP contribution is -2.54. The van der Waals surface area contributed by atoms with Crippen LogP contribution in [0, 0.1) is 5.92 Å². The summed E-state index contributed by atoms with van der Waals surface area (Å²) >= 11 is 1.21. The highest BCUT2D eigenvalue weighted by Gasteiger charge is 2.29. The lowest BCUT2D eigenvalue weighted by atomic mass is 10.0. The third-order valence-corrected chi connectivity index (χ3v) is 3.86. The fourth-order valence-corrected chi connectivity index (χ4v) is 2.62. The van der Waals surface area contributed by atoms with Crippen molar-refractivity contribution in [3.05, 3.63) is 0 Å². The average Bonchev–Trinajstić information content (AvgIpc) is 2.44. The second-order valence-electron chi connectivity index (χ2n) is 7.02. The number of nitrogens with one attached hydrogen (secondary N) is 3. The van der Waals surface area contributed by atoms with Crippen molar-refractivity contribution in [3.63, 3.8) is 0 Å². The summed E-state index contributed by atoms with van der Waals surface area (Å²) in [7, 11) is 0. The van der Waals surface area contributed by atoms with Gasteiger partial charge < -0.3 is 25.8 Å². The van der Waals surface area contributed by atoms with E-state index in [-0.39, 0.29) is 23.5 Å². The molecular weight excluding hydrogens is 362 g/mol. The molecule has 0 fully saturated rings. The molecule has 0 aromatic rings. The van der Waals surface area contributed by atoms with Crippen LogP contribution in [0.5, 0.6) is 0 Å². The fraction of sp³-hybridized carbons (Fsp3) is 0.750. The van der Waals surface area contributed by atoms with Gasteiger partial charge >= 0.3 is 12.1 Å². The molecule has 0 rings (SSSR count). The van der Waals surface area contributed by atoms with Gasteiger partial charge in [-0.1, -0.05) is 13.8 Å². The SMILES string of the molecule is CC(=O)NCSC[C@@H](NC(=O)OC(C)(C)C)C(=O)N[C@H](C(=O)O)C(C)C. The third-order valence-electron chi connectivity index (χ3n) is 2.95. The van der Waals surface area contributed by atoms with E-state index in [9.17, 15) is 24.3 Å². The maximum Gasteiger partial charge on any atom is 0.408 e. The van der Waals surface area contributed by atoms with Gasteiger partial charge in [-0.05, 0) is 26.7 Å². The van der Waals surface area contributed by atoms with E-state index in [1.54, 1.807) is 34.6 Å². The Morgan fingerprint density at radius 1 is 1.12 bits per heavy atom. The van der Waals surface area contributed by atoms with E-state index in [4.69, 9.17) is 4.74 Å². The second-order valence-corrected chi connectivity index (χ2v) is 8.05. The number of rotatable bonds is 9. The van der Waals surface area contributed by atoms with E-state index in [2.05, 4.69) is 16.0 Å². The number of thioether (sulfide) groups is 1. The number of carbonyl (C=O) groups excluding carboxylic acids is 3. The molecule has 3 amide bonds. The van der Waals surface area contributed by atoms with Crippen LogP contribution in [-0.2, 0) is 19.1 Å². The summed E-state index contributed by atoms with van der Waals surface area (Å²) in [6.45, 7) is 9.76. The van der Waals surface area contributed by atoms with Crippen LogP contribution in [-0.4, -0.2) is 58.3 Å². The van der Waals surface area contributed by atoms with Crippen molar-refractivity contribution in [3.8, 4) is 0 Å². The Bertz CT molecular complexity index is 519. The molecule has 0 saturated carbocycles. The smallest absolute Gasteiger partial charge is 0.408 e. The van der Waals surface area contributed by atoms with Crippen molar-refractivity contribution in [1.82, 2.24) is 16.0 Å². The number of ether oxygens (including phenoxy) is 1. The van der Waals surface area contributed by atoms with Gasteiger partial charge in [0.15, 0.2) is 0 Å². The van der Waals surface area contributed by atoms with Gasteiger partial charge in [-0.2, -0.15) is 0 Å². The van der Waals surface area contributed by atoms with E-state index in [1.165, 1.54) is 18.7 Å². The molecule has 0 aromatic carbocycles. The molecule has 0 aliphatic rings. The van der Waals surface area contributed by atoms with Crippen molar-refractivity contribution < 1.29 is 29.0 Å². The van der Waals surface area contributed by atoms with Crippen LogP contribution in [0.2, 0.25) is 0 Å². The molecule has 10 heteroatoms. The van der Waals surface area contributed by atoms with Crippen molar-refractivity contribution in [1.29, 1.82) is 0 Å². The summed E-state index contributed by atoms with van der Waals surface area (Å²) in [6.07, 6.45) is -0.783. The van der Waals surface area contributed by atoms with Gasteiger partial charge in [0, 0.05) is 12.7 Å². The van der Waals surface area contributed by atoms with E-state index >= 15 is 0 Å². The molecule has 150 valence electrons. The van der Waals surface area contributed by atoms with Gasteiger partial charge in [0.05, 0.1) is 5.88 Å². The monoisotopic (exact) mass is 391 g/mol. The Hall–Kier alpha value is -1.97. The maximum atomic E-state index is 12.4. The van der Waals surface area contributed by atoms with Gasteiger partial charge in [-0.15, -0.1) is 11.8 Å². The third kappa shape index (κ3) is 10.8. The highest BCUT2D eigenvalue weighted by molar-refractivity contribution is 7.99. The first-order valence-electron chi connectivity index (χ1n) is 8.18. The van der Waals surface area contributed by atoms with Gasteiger partial charge in [0.25, 0.3) is 0 Å². The molecule has 0 aliphatic heterocycles. The lowest BCUT2D eigenvalue weighted by Gasteiger charge is -2.25. The zero-order chi connectivity index (χ0) is 20.5. The molecule has 0 spiro atoms. The second kappa shape index (κ2) is 10.9. The predicted octanol–water partition coefficient (Wildman–Crippen LogP) is 0.932. The number of hydrogen-bond acceptors (Lipinski definition) is 6. The summed E-state index contributed by atoms with van der Waals surface area (Å²) in [5.41, 5.74) is -0.740. The average molecular weight is 391 g/mol. The van der Waals surface area contributed by atoms with Crippen LogP contribution >= 0.6 is 11.8 Å². The summed E-state index contributed by atoms with van der Waals surface area (Å²) < 4.78 is 5.14. The zero-order valence-corrected chi connectivity index (χ0v) is 16.9. The van der Waals surface area contributed by atoms with E-state index in [1.807, 2.05) is 0 Å². The Kier molecular flexibility index (Phi) is 10.1. The van der Waals surface area contributed by atoms with Crippen molar-refractivity contribution in [2.75, 3.05) is 11.6 Å². The highest BCUT2D eigenvalue weighted by Crippen LogP contribution is 2.09. The first-order chi connectivity index (χ1) is 11.8. The molecule has 2 atom stereocenters. The van der Waals surface area contributed by atoms with Crippen LogP contribution in [0.1, 0.15) is 41.5 Å². The molecule has 0 saturated heterocycles. The summed E-state index contributed by atoms with van der Waals surface area (Å²) in [5.74, 6) is -1.95. The molecule has 0 aliphatic carbocycles. The molecule has 4 N–H and O–H groups in total. The Morgan fingerprint density at radius 3 is 2.12 bits per heavy atom. The zero-order valence-electron chi connectivity index (χ0n) is 16.0. The Labute approximate surface area is 158 Å². The molecule has 0 radical (unpaired) electrons. The predicted molar refractivity (Wildman–Crippen MR) is 98.7 cm³/mol. The molecule has 0 bridgehead atoms. The van der Waals surface area contributed by atoms with Gasteiger partial charge in [0.1, 0.15) is 17.7 Å². The fourth-order valence-electron chi connectivity index (χ4n) is 1.73. The standard InChI is InChI=1S/C16H29N3O6S/c1-9(2)12(14(22)23)19-13(21)11(7-26-8-17-10(3)20)18-15(24)25-16(4,5)6/h9,11-12H,7-8H2,1-6H3,(H,17,20)(H,18,24)(H,19,21)(H,22,23)/t11-,12+/m1/s1. The molecule has 26 heavy (non-hydrogen) atoms. The van der Waals surface area contributed by atoms with Crippen LogP contribution < -0.4 is 16.0 Å². The Morgan fingerprint density at radius 2 is 1.69 bits per heavy atom. The minimum absolute atomic E-state index is 0.135. The van der Waals surface area contributed by atoms with Gasteiger partial charge in [0.2, 0.25) is 11.8 Å². The first-order valence-corrected chi connectivity index (χ1v) is 9.33. The van der Waals surface area contributed by atoms with Crippen LogP contribution in [0.25, 0.3) is 0 Å². The topological polar surface area (TPSA) is 134 Å². The minimum Gasteiger partial charge on any atom is -0.480 e. The number of carboxylic acids is 1. The number of aliphatic carboxylic acids is 1. The number of alkyl carbamates (subject to hydrolysis) is 1. The summed E-state index contributed by atoms with van der Waals surface area (Å²) in [6, 6.07) is -2.09. The number of hydrogen-bond donors (Lipinski definition) is 4. The molecular formula is C16H29N3O6S. The van der Waals surface area contributed by atoms with Crippen molar-refractivity contribution in [2.45, 2.75) is 59.2 Å². The van der Waals surface area contributed by atoms with Gasteiger partial charge in [-0.3, -0.25) is 9.59 Å². The number of carboxylic acid groups (broad SMARTS) is 1. The molecule has 0 unspecified atom stereocenters. The summed E-state index contributed by atoms with van der Waals surface area (Å²) in [4.78, 5) is 46.6. The van der Waals surface area contributed by atoms with Crippen LogP contribution in [0.15, 0.2) is 0 Å². The van der Waals surface area contributed by atoms with Crippen LogP contribution in [0.4, 0.5) is 4.79 Å². The lowest BCUT2D eigenvalue weighted by molar-refractivity contribution is -0.143. The molecule has 0 aromatic heterocycles. The Balaban J connectivity index is 4.98. The normalized spacial score (nSPS) is 13.5. The summed E-state index contributed by atoms with van der Waals surface area (Å²) in [5, 5.41) is 16.6. The number of carbonyl (C=O) groups is 4. The van der Waals surface area contributed by atoms with E-state index in [0.717, 1.165) is 0 Å². The van der Waals surface area contributed by atoms with E-state index < -0.39 is 35.7 Å². The minimum atomic E-state index is -1.16. The first kappa shape index (κ1) is 24.0. The number of amides is 3. The van der Waals surface area contributed by atoms with Crippen molar-refractivity contribution >= 4 is 35.6 Å². The van der Waals surface area contributed by atoms with Crippen LogP contribution in [0.3, 0.4) is 0 Å². The highest BCUT2D eigenvalue weighted by atomic mass is 32.2. The van der Waals surface area contributed by atoms with E-state index in [0.29, 0.717) is 0 Å². The van der Waals surface area contributed by atoms with Crippen molar-refractivity contribution in [2.24, 2.45) is 5.92 Å². The van der Waals surface area contributed by atoms with Gasteiger partial charge in [-0.25, -0.2) is 9.59 Å². The molecule has 9 nitrogen and oxygen atoms in total. The maximum absolute atomic E-state index is 12.4.